The third-order valence-corrected chi connectivity index (χ3v) is 5.17. The number of carbonyl (C=O) groups is 1. The number of nitrogens with zero attached hydrogens (tertiary/aromatic N) is 2. The lowest BCUT2D eigenvalue weighted by molar-refractivity contribution is -0.138. The van der Waals surface area contributed by atoms with E-state index in [4.69, 9.17) is 0 Å². The fraction of sp³-hybridized carbons (Fsp3) is 0.733. The molecule has 1 aromatic rings. The zero-order valence-electron chi connectivity index (χ0n) is 12.7. The number of carbonyl (C=O) groups excluding carboxylic acids is 1. The lowest BCUT2D eigenvalue weighted by Crippen LogP contribution is -2.51. The molecule has 1 saturated heterocycles. The van der Waals surface area contributed by atoms with Crippen molar-refractivity contribution in [1.82, 2.24) is 15.2 Å². The Bertz CT molecular complexity index is 446. The first-order chi connectivity index (χ1) is 9.67. The predicted molar refractivity (Wildman–Crippen MR) is 82.9 cm³/mol. The summed E-state index contributed by atoms with van der Waals surface area (Å²) >= 11 is 1.73. The van der Waals surface area contributed by atoms with Gasteiger partial charge in [0, 0.05) is 17.6 Å². The first-order valence-electron chi connectivity index (χ1n) is 7.65. The van der Waals surface area contributed by atoms with Crippen LogP contribution in [0.5, 0.6) is 0 Å². The van der Waals surface area contributed by atoms with Gasteiger partial charge in [0.25, 0.3) is 0 Å². The monoisotopic (exact) mass is 295 g/mol. The normalized spacial score (nSPS) is 21.2. The zero-order valence-corrected chi connectivity index (χ0v) is 13.5. The van der Waals surface area contributed by atoms with Crippen molar-refractivity contribution >= 4 is 17.2 Å². The van der Waals surface area contributed by atoms with Gasteiger partial charge in [0.2, 0.25) is 5.91 Å². The molecule has 1 aromatic heterocycles. The second kappa shape index (κ2) is 7.18. The summed E-state index contributed by atoms with van der Waals surface area (Å²) in [5.41, 5.74) is 0. The highest BCUT2D eigenvalue weighted by molar-refractivity contribution is 7.11. The van der Waals surface area contributed by atoms with Gasteiger partial charge in [-0.1, -0.05) is 13.8 Å². The average molecular weight is 295 g/mol. The molecule has 1 aliphatic heterocycles. The van der Waals surface area contributed by atoms with Crippen molar-refractivity contribution < 1.29 is 4.79 Å². The average Bonchev–Trinajstić information content (AvgIpc) is 2.94. The first kappa shape index (κ1) is 15.4. The van der Waals surface area contributed by atoms with Crippen molar-refractivity contribution in [3.8, 4) is 0 Å². The summed E-state index contributed by atoms with van der Waals surface area (Å²) in [7, 11) is 0. The molecular formula is C15H25N3OS. The quantitative estimate of drug-likeness (QED) is 0.877. The largest absolute Gasteiger partial charge is 0.332 e. The van der Waals surface area contributed by atoms with Gasteiger partial charge in [-0.3, -0.25) is 4.79 Å². The summed E-state index contributed by atoms with van der Waals surface area (Å²) < 4.78 is 0. The third kappa shape index (κ3) is 3.38. The smallest absolute Gasteiger partial charge is 0.240 e. The Kier molecular flexibility index (Phi) is 5.54. The summed E-state index contributed by atoms with van der Waals surface area (Å²) in [5.74, 6) is 0.241. The van der Waals surface area contributed by atoms with Crippen molar-refractivity contribution in [2.45, 2.75) is 58.5 Å². The van der Waals surface area contributed by atoms with Crippen LogP contribution in [-0.2, 0) is 11.2 Å². The van der Waals surface area contributed by atoms with Crippen LogP contribution in [0.1, 0.15) is 56.0 Å². The fourth-order valence-electron chi connectivity index (χ4n) is 2.60. The van der Waals surface area contributed by atoms with Gasteiger partial charge >= 0.3 is 0 Å². The maximum Gasteiger partial charge on any atom is 0.240 e. The van der Waals surface area contributed by atoms with Crippen LogP contribution in [0, 0.1) is 0 Å². The van der Waals surface area contributed by atoms with E-state index in [1.54, 1.807) is 11.3 Å². The number of rotatable bonds is 6. The molecule has 2 heterocycles. The molecule has 1 fully saturated rings. The minimum absolute atomic E-state index is 0.00300. The van der Waals surface area contributed by atoms with Gasteiger partial charge in [0.15, 0.2) is 0 Å². The molecule has 0 aromatic carbocycles. The number of aryl methyl sites for hydroxylation is 1. The molecule has 0 saturated carbocycles. The summed E-state index contributed by atoms with van der Waals surface area (Å²) in [6, 6.07) is 0.0933. The molecule has 0 spiro atoms. The van der Waals surface area contributed by atoms with Gasteiger partial charge in [0.1, 0.15) is 5.01 Å². The molecule has 4 nitrogen and oxygen atoms in total. The molecular weight excluding hydrogens is 270 g/mol. The van der Waals surface area contributed by atoms with Crippen molar-refractivity contribution in [3.63, 3.8) is 0 Å². The molecule has 0 radical (unpaired) electrons. The molecule has 2 rings (SSSR count). The minimum Gasteiger partial charge on any atom is -0.332 e. The van der Waals surface area contributed by atoms with E-state index in [0.717, 1.165) is 43.8 Å². The van der Waals surface area contributed by atoms with Crippen molar-refractivity contribution in [1.29, 1.82) is 0 Å². The van der Waals surface area contributed by atoms with Crippen LogP contribution in [0.4, 0.5) is 0 Å². The standard InChI is InChI=1S/C15H25N3OS/c1-4-8-16-13-7-6-9-18(15(13)19)11(3)14-17-10-12(5-2)20-14/h10-11,13,16H,4-9H2,1-3H3. The highest BCUT2D eigenvalue weighted by Crippen LogP contribution is 2.28. The van der Waals surface area contributed by atoms with Gasteiger partial charge in [-0.2, -0.15) is 0 Å². The highest BCUT2D eigenvalue weighted by atomic mass is 32.1. The van der Waals surface area contributed by atoms with Gasteiger partial charge in [-0.15, -0.1) is 11.3 Å². The molecule has 1 amide bonds. The number of nitrogens with one attached hydrogen (secondary N) is 1. The maximum absolute atomic E-state index is 12.6. The number of piperidine rings is 1. The SMILES string of the molecule is CCCNC1CCCN(C(C)c2ncc(CC)s2)C1=O. The summed E-state index contributed by atoms with van der Waals surface area (Å²) in [6.07, 6.45) is 6.05. The Hall–Kier alpha value is -0.940. The number of hydrogen-bond donors (Lipinski definition) is 1. The van der Waals surface area contributed by atoms with Gasteiger partial charge < -0.3 is 10.2 Å². The second-order valence-electron chi connectivity index (χ2n) is 5.37. The van der Waals surface area contributed by atoms with E-state index in [2.05, 4.69) is 31.1 Å². The Morgan fingerprint density at radius 2 is 2.35 bits per heavy atom. The number of amides is 1. The minimum atomic E-state index is -0.00300. The lowest BCUT2D eigenvalue weighted by atomic mass is 10.0. The summed E-state index contributed by atoms with van der Waals surface area (Å²) in [5, 5.41) is 4.43. The molecule has 1 N–H and O–H groups in total. The van der Waals surface area contributed by atoms with Crippen molar-refractivity contribution in [3.05, 3.63) is 16.1 Å². The first-order valence-corrected chi connectivity index (χ1v) is 8.47. The third-order valence-electron chi connectivity index (χ3n) is 3.86. The molecule has 0 bridgehead atoms. The van der Waals surface area contributed by atoms with E-state index < -0.39 is 0 Å². The fourth-order valence-corrected chi connectivity index (χ4v) is 3.53. The van der Waals surface area contributed by atoms with Crippen LogP contribution in [-0.4, -0.2) is 34.9 Å². The molecule has 20 heavy (non-hydrogen) atoms. The summed E-state index contributed by atoms with van der Waals surface area (Å²) in [4.78, 5) is 20.3. The van der Waals surface area contributed by atoms with Gasteiger partial charge in [-0.25, -0.2) is 4.98 Å². The van der Waals surface area contributed by atoms with Crippen LogP contribution in [0.25, 0.3) is 0 Å². The van der Waals surface area contributed by atoms with E-state index >= 15 is 0 Å². The van der Waals surface area contributed by atoms with E-state index in [1.165, 1.54) is 4.88 Å². The van der Waals surface area contributed by atoms with Gasteiger partial charge in [0.05, 0.1) is 12.1 Å². The Balaban J connectivity index is 2.04. The zero-order chi connectivity index (χ0) is 14.5. The number of likely N-dealkylation sites (tertiary alicyclic amines) is 1. The predicted octanol–water partition coefficient (Wildman–Crippen LogP) is 2.76. The van der Waals surface area contributed by atoms with Crippen LogP contribution in [0.2, 0.25) is 0 Å². The van der Waals surface area contributed by atoms with Crippen LogP contribution in [0.3, 0.4) is 0 Å². The Morgan fingerprint density at radius 3 is 3.00 bits per heavy atom. The van der Waals surface area contributed by atoms with Crippen molar-refractivity contribution in [2.75, 3.05) is 13.1 Å². The molecule has 0 aliphatic carbocycles. The van der Waals surface area contributed by atoms with Crippen LogP contribution < -0.4 is 5.32 Å². The van der Waals surface area contributed by atoms with E-state index in [1.807, 2.05) is 11.1 Å². The summed E-state index contributed by atoms with van der Waals surface area (Å²) in [6.45, 7) is 8.13. The highest BCUT2D eigenvalue weighted by Gasteiger charge is 2.32. The number of aromatic nitrogens is 1. The van der Waals surface area contributed by atoms with E-state index in [-0.39, 0.29) is 18.0 Å². The lowest BCUT2D eigenvalue weighted by Gasteiger charge is -2.36. The molecule has 2 unspecified atom stereocenters. The molecule has 2 atom stereocenters. The second-order valence-corrected chi connectivity index (χ2v) is 6.52. The van der Waals surface area contributed by atoms with Gasteiger partial charge in [-0.05, 0) is 39.2 Å². The Morgan fingerprint density at radius 1 is 1.55 bits per heavy atom. The van der Waals surface area contributed by atoms with E-state index in [0.29, 0.717) is 0 Å². The number of hydrogen-bond acceptors (Lipinski definition) is 4. The Labute approximate surface area is 125 Å². The van der Waals surface area contributed by atoms with Crippen LogP contribution >= 0.6 is 11.3 Å². The molecule has 112 valence electrons. The van der Waals surface area contributed by atoms with Crippen molar-refractivity contribution in [2.24, 2.45) is 0 Å². The molecule has 5 heteroatoms. The molecule has 1 aliphatic rings. The maximum atomic E-state index is 12.6. The van der Waals surface area contributed by atoms with E-state index in [9.17, 15) is 4.79 Å². The number of thiazole rings is 1. The topological polar surface area (TPSA) is 45.2 Å². The van der Waals surface area contributed by atoms with Crippen LogP contribution in [0.15, 0.2) is 6.20 Å².